The number of nitrogens with zero attached hydrogens (tertiary/aromatic N) is 3. The van der Waals surface area contributed by atoms with Gasteiger partial charge < -0.3 is 19.8 Å². The van der Waals surface area contributed by atoms with Crippen LogP contribution in [0.2, 0.25) is 0 Å². The van der Waals surface area contributed by atoms with Gasteiger partial charge in [0.2, 0.25) is 0 Å². The van der Waals surface area contributed by atoms with Gasteiger partial charge in [0.25, 0.3) is 0 Å². The topological polar surface area (TPSA) is 80.5 Å². The maximum atomic E-state index is 11.4. The standard InChI is InChI=1S/C13H19N5O2/c1-3-5-14-10-9-18-7-6-15-13(18)12(17-10)16-8-11(19)20-4-2/h6-7,9,14H,3-5,8H2,1-2H3,(H,16,17). The molecule has 0 fully saturated rings. The van der Waals surface area contributed by atoms with E-state index in [0.717, 1.165) is 18.8 Å². The van der Waals surface area contributed by atoms with Gasteiger partial charge in [0, 0.05) is 18.9 Å². The zero-order valence-electron chi connectivity index (χ0n) is 11.7. The third-order valence-electron chi connectivity index (χ3n) is 2.64. The average Bonchev–Trinajstić information content (AvgIpc) is 2.91. The molecule has 0 bridgehead atoms. The number of carbonyl (C=O) groups excluding carboxylic acids is 1. The molecule has 0 radical (unpaired) electrons. The molecule has 2 heterocycles. The predicted molar refractivity (Wildman–Crippen MR) is 76.9 cm³/mol. The number of fused-ring (bicyclic) bond motifs is 1. The van der Waals surface area contributed by atoms with Crippen LogP contribution in [0.1, 0.15) is 20.3 Å². The molecule has 2 aromatic rings. The van der Waals surface area contributed by atoms with E-state index in [9.17, 15) is 4.79 Å². The van der Waals surface area contributed by atoms with Crippen LogP contribution in [0.15, 0.2) is 18.6 Å². The Morgan fingerprint density at radius 1 is 1.40 bits per heavy atom. The van der Waals surface area contributed by atoms with E-state index in [1.165, 1.54) is 0 Å². The minimum absolute atomic E-state index is 0.0700. The summed E-state index contributed by atoms with van der Waals surface area (Å²) in [5, 5.41) is 6.18. The molecule has 0 amide bonds. The Labute approximate surface area is 117 Å². The lowest BCUT2D eigenvalue weighted by atomic mass is 10.4. The average molecular weight is 277 g/mol. The summed E-state index contributed by atoms with van der Waals surface area (Å²) in [4.78, 5) is 20.0. The van der Waals surface area contributed by atoms with Crippen molar-refractivity contribution in [3.05, 3.63) is 18.6 Å². The van der Waals surface area contributed by atoms with Crippen LogP contribution in [-0.2, 0) is 9.53 Å². The Bertz CT molecular complexity index is 581. The molecule has 0 aliphatic heterocycles. The van der Waals surface area contributed by atoms with Gasteiger partial charge in [-0.15, -0.1) is 0 Å². The number of ether oxygens (including phenoxy) is 1. The quantitative estimate of drug-likeness (QED) is 0.747. The van der Waals surface area contributed by atoms with Crippen LogP contribution in [0.3, 0.4) is 0 Å². The van der Waals surface area contributed by atoms with Crippen LogP contribution in [-0.4, -0.2) is 40.0 Å². The second kappa shape index (κ2) is 6.74. The fourth-order valence-corrected chi connectivity index (χ4v) is 1.76. The monoisotopic (exact) mass is 277 g/mol. The van der Waals surface area contributed by atoms with Gasteiger partial charge in [-0.3, -0.25) is 4.79 Å². The number of anilines is 2. The Balaban J connectivity index is 2.16. The summed E-state index contributed by atoms with van der Waals surface area (Å²) in [6.45, 7) is 5.14. The van der Waals surface area contributed by atoms with Crippen molar-refractivity contribution in [2.75, 3.05) is 30.3 Å². The maximum absolute atomic E-state index is 11.4. The Kier molecular flexibility index (Phi) is 4.75. The highest BCUT2D eigenvalue weighted by atomic mass is 16.5. The summed E-state index contributed by atoms with van der Waals surface area (Å²) in [5.41, 5.74) is 0.677. The van der Waals surface area contributed by atoms with Gasteiger partial charge >= 0.3 is 5.97 Å². The molecule has 0 aliphatic rings. The van der Waals surface area contributed by atoms with Gasteiger partial charge in [-0.1, -0.05) is 6.92 Å². The lowest BCUT2D eigenvalue weighted by Crippen LogP contribution is -2.18. The molecule has 0 saturated heterocycles. The van der Waals surface area contributed by atoms with Crippen LogP contribution in [0, 0.1) is 0 Å². The summed E-state index contributed by atoms with van der Waals surface area (Å²) >= 11 is 0. The number of imidazole rings is 1. The fourth-order valence-electron chi connectivity index (χ4n) is 1.76. The molecule has 7 nitrogen and oxygen atoms in total. The van der Waals surface area contributed by atoms with E-state index in [1.807, 2.05) is 16.8 Å². The van der Waals surface area contributed by atoms with E-state index in [4.69, 9.17) is 4.74 Å². The molecule has 0 atom stereocenters. The maximum Gasteiger partial charge on any atom is 0.325 e. The summed E-state index contributed by atoms with van der Waals surface area (Å²) in [6.07, 6.45) is 6.41. The molecule has 2 N–H and O–H groups in total. The Morgan fingerprint density at radius 2 is 2.25 bits per heavy atom. The highest BCUT2D eigenvalue weighted by Crippen LogP contribution is 2.16. The van der Waals surface area contributed by atoms with E-state index in [-0.39, 0.29) is 12.5 Å². The molecule has 2 rings (SSSR count). The van der Waals surface area contributed by atoms with Gasteiger partial charge in [0.05, 0.1) is 12.8 Å². The molecule has 2 aromatic heterocycles. The molecule has 0 aliphatic carbocycles. The molecule has 7 heteroatoms. The normalized spacial score (nSPS) is 10.5. The van der Waals surface area contributed by atoms with E-state index in [0.29, 0.717) is 18.1 Å². The second-order valence-electron chi connectivity index (χ2n) is 4.22. The van der Waals surface area contributed by atoms with Crippen LogP contribution in [0.4, 0.5) is 11.6 Å². The molecule has 0 unspecified atom stereocenters. The summed E-state index contributed by atoms with van der Waals surface area (Å²) in [5.74, 6) is 0.985. The Morgan fingerprint density at radius 3 is 3.00 bits per heavy atom. The van der Waals surface area contributed by atoms with Crippen molar-refractivity contribution in [3.63, 3.8) is 0 Å². The number of esters is 1. The van der Waals surface area contributed by atoms with Crippen LogP contribution >= 0.6 is 0 Å². The first-order valence-electron chi connectivity index (χ1n) is 6.71. The smallest absolute Gasteiger partial charge is 0.325 e. The van der Waals surface area contributed by atoms with Crippen molar-refractivity contribution in [1.29, 1.82) is 0 Å². The van der Waals surface area contributed by atoms with Gasteiger partial charge in [-0.05, 0) is 13.3 Å². The van der Waals surface area contributed by atoms with E-state index in [2.05, 4.69) is 27.5 Å². The molecule has 0 aromatic carbocycles. The number of carbonyl (C=O) groups is 1. The zero-order chi connectivity index (χ0) is 14.4. The lowest BCUT2D eigenvalue weighted by molar-refractivity contribution is -0.140. The van der Waals surface area contributed by atoms with Gasteiger partial charge in [0.15, 0.2) is 11.5 Å². The van der Waals surface area contributed by atoms with E-state index < -0.39 is 0 Å². The fraction of sp³-hybridized carbons (Fsp3) is 0.462. The number of hydrogen-bond acceptors (Lipinski definition) is 6. The van der Waals surface area contributed by atoms with Crippen molar-refractivity contribution in [1.82, 2.24) is 14.4 Å². The number of nitrogens with one attached hydrogen (secondary N) is 2. The molecule has 0 spiro atoms. The van der Waals surface area contributed by atoms with Crippen molar-refractivity contribution in [3.8, 4) is 0 Å². The van der Waals surface area contributed by atoms with Crippen LogP contribution in [0.25, 0.3) is 5.65 Å². The van der Waals surface area contributed by atoms with E-state index >= 15 is 0 Å². The molecule has 0 saturated carbocycles. The first-order valence-corrected chi connectivity index (χ1v) is 6.71. The molecule has 20 heavy (non-hydrogen) atoms. The first kappa shape index (κ1) is 14.1. The number of aromatic nitrogens is 3. The zero-order valence-corrected chi connectivity index (χ0v) is 11.7. The predicted octanol–water partition coefficient (Wildman–Crippen LogP) is 1.53. The summed E-state index contributed by atoms with van der Waals surface area (Å²) in [6, 6.07) is 0. The first-order chi connectivity index (χ1) is 9.74. The minimum Gasteiger partial charge on any atom is -0.465 e. The highest BCUT2D eigenvalue weighted by molar-refractivity contribution is 5.77. The van der Waals surface area contributed by atoms with Gasteiger partial charge in [-0.2, -0.15) is 0 Å². The summed E-state index contributed by atoms with van der Waals surface area (Å²) in [7, 11) is 0. The minimum atomic E-state index is -0.314. The number of hydrogen-bond donors (Lipinski definition) is 2. The van der Waals surface area contributed by atoms with Crippen LogP contribution in [0.5, 0.6) is 0 Å². The Hall–Kier alpha value is -2.31. The lowest BCUT2D eigenvalue weighted by Gasteiger charge is -2.10. The van der Waals surface area contributed by atoms with E-state index in [1.54, 1.807) is 13.1 Å². The second-order valence-corrected chi connectivity index (χ2v) is 4.22. The van der Waals surface area contributed by atoms with Crippen molar-refractivity contribution >= 4 is 23.3 Å². The molecule has 108 valence electrons. The van der Waals surface area contributed by atoms with Crippen LogP contribution < -0.4 is 10.6 Å². The molecular formula is C13H19N5O2. The van der Waals surface area contributed by atoms with Crippen molar-refractivity contribution in [2.45, 2.75) is 20.3 Å². The largest absolute Gasteiger partial charge is 0.465 e. The summed E-state index contributed by atoms with van der Waals surface area (Å²) < 4.78 is 6.74. The van der Waals surface area contributed by atoms with Gasteiger partial charge in [-0.25, -0.2) is 9.97 Å². The van der Waals surface area contributed by atoms with Crippen molar-refractivity contribution in [2.24, 2.45) is 0 Å². The highest BCUT2D eigenvalue weighted by Gasteiger charge is 2.09. The van der Waals surface area contributed by atoms with Gasteiger partial charge in [0.1, 0.15) is 12.4 Å². The third-order valence-corrected chi connectivity index (χ3v) is 2.64. The SMILES string of the molecule is CCCNc1cn2ccnc2c(NCC(=O)OCC)n1. The third kappa shape index (κ3) is 3.37. The molecular weight excluding hydrogens is 258 g/mol. The van der Waals surface area contributed by atoms with Crippen molar-refractivity contribution < 1.29 is 9.53 Å². The number of rotatable bonds is 7.